The lowest BCUT2D eigenvalue weighted by atomic mass is 10.0. The summed E-state index contributed by atoms with van der Waals surface area (Å²) in [5.74, 6) is 0. The van der Waals surface area contributed by atoms with Crippen molar-refractivity contribution in [2.75, 3.05) is 6.54 Å². The summed E-state index contributed by atoms with van der Waals surface area (Å²) in [6, 6.07) is 0. The molecule has 0 aliphatic heterocycles. The highest BCUT2D eigenvalue weighted by molar-refractivity contribution is 4.82. The van der Waals surface area contributed by atoms with Gasteiger partial charge in [0.25, 0.3) is 0 Å². The number of nitrogens with one attached hydrogen (secondary N) is 1. The maximum atomic E-state index is 3.81. The van der Waals surface area contributed by atoms with Crippen LogP contribution in [0.4, 0.5) is 0 Å². The first-order valence-corrected chi connectivity index (χ1v) is 3.27. The van der Waals surface area contributed by atoms with Crippen LogP contribution in [-0.2, 0) is 0 Å². The molecule has 0 aliphatic carbocycles. The van der Waals surface area contributed by atoms with Gasteiger partial charge >= 0.3 is 0 Å². The van der Waals surface area contributed by atoms with Crippen LogP contribution >= 0.6 is 0 Å². The van der Waals surface area contributed by atoms with Crippen molar-refractivity contribution in [2.24, 2.45) is 0 Å². The van der Waals surface area contributed by atoms with E-state index < -0.39 is 0 Å². The van der Waals surface area contributed by atoms with E-state index in [1.807, 2.05) is 6.08 Å². The summed E-state index contributed by atoms with van der Waals surface area (Å²) in [6.45, 7) is 12.5. The molecule has 1 N–H and O–H groups in total. The molecule has 1 heteroatoms. The third-order valence-electron chi connectivity index (χ3n) is 1.35. The van der Waals surface area contributed by atoms with Crippen LogP contribution in [0.3, 0.4) is 0 Å². The molecular weight excluding hydrogens is 110 g/mol. The summed E-state index contributed by atoms with van der Waals surface area (Å²) < 4.78 is 0. The Bertz CT molecular complexity index is 84.6. The normalized spacial score (nSPS) is 11.4. The maximum Gasteiger partial charge on any atom is 0.0137 e. The molecule has 0 atom stereocenters. The number of hydrogen-bond donors (Lipinski definition) is 1. The Balaban J connectivity index is 3.44. The van der Waals surface area contributed by atoms with Crippen molar-refractivity contribution in [3.8, 4) is 0 Å². The van der Waals surface area contributed by atoms with Gasteiger partial charge in [0.05, 0.1) is 0 Å². The molecule has 0 aliphatic rings. The smallest absolute Gasteiger partial charge is 0.0137 e. The molecule has 0 amide bonds. The maximum absolute atomic E-state index is 3.81. The Morgan fingerprint density at radius 2 is 2.11 bits per heavy atom. The van der Waals surface area contributed by atoms with Crippen LogP contribution in [0.2, 0.25) is 0 Å². The number of rotatable bonds is 4. The van der Waals surface area contributed by atoms with Crippen molar-refractivity contribution >= 4 is 0 Å². The minimum Gasteiger partial charge on any atom is -0.308 e. The van der Waals surface area contributed by atoms with Gasteiger partial charge in [-0.25, -0.2) is 0 Å². The van der Waals surface area contributed by atoms with Crippen LogP contribution in [0.25, 0.3) is 0 Å². The van der Waals surface area contributed by atoms with Crippen LogP contribution in [0.15, 0.2) is 12.7 Å². The fourth-order valence-electron chi connectivity index (χ4n) is 0.437. The molecule has 0 unspecified atom stereocenters. The highest BCUT2D eigenvalue weighted by atomic mass is 14.9. The molecular formula is C8H16N. The van der Waals surface area contributed by atoms with Gasteiger partial charge in [0, 0.05) is 12.1 Å². The van der Waals surface area contributed by atoms with Gasteiger partial charge < -0.3 is 5.32 Å². The monoisotopic (exact) mass is 126 g/mol. The van der Waals surface area contributed by atoms with Gasteiger partial charge in [-0.2, -0.15) is 0 Å². The first-order chi connectivity index (χ1) is 4.12. The summed E-state index contributed by atoms with van der Waals surface area (Å²) in [7, 11) is 0. The zero-order valence-electron chi connectivity index (χ0n) is 6.41. The highest BCUT2D eigenvalue weighted by Crippen LogP contribution is 2.04. The SMILES string of the molecule is [CH2]CC(C)(C)NCC=C. The lowest BCUT2D eigenvalue weighted by molar-refractivity contribution is 0.411. The Kier molecular flexibility index (Phi) is 3.55. The first-order valence-electron chi connectivity index (χ1n) is 3.27. The average molecular weight is 126 g/mol. The molecule has 0 rings (SSSR count). The molecule has 53 valence electrons. The second-order valence-electron chi connectivity index (χ2n) is 2.80. The summed E-state index contributed by atoms with van der Waals surface area (Å²) in [5.41, 5.74) is 0.161. The van der Waals surface area contributed by atoms with E-state index in [1.165, 1.54) is 0 Å². The van der Waals surface area contributed by atoms with Crippen LogP contribution in [0.5, 0.6) is 0 Å². The fourth-order valence-corrected chi connectivity index (χ4v) is 0.437. The Morgan fingerprint density at radius 1 is 1.56 bits per heavy atom. The Hall–Kier alpha value is -0.300. The molecule has 9 heavy (non-hydrogen) atoms. The first kappa shape index (κ1) is 8.70. The highest BCUT2D eigenvalue weighted by Gasteiger charge is 2.11. The third-order valence-corrected chi connectivity index (χ3v) is 1.35. The molecule has 1 radical (unpaired) electrons. The molecule has 1 nitrogen and oxygen atoms in total. The lowest BCUT2D eigenvalue weighted by Crippen LogP contribution is -2.38. The summed E-state index contributed by atoms with van der Waals surface area (Å²) in [6.07, 6.45) is 2.76. The van der Waals surface area contributed by atoms with Crippen molar-refractivity contribution in [1.82, 2.24) is 5.32 Å². The Labute approximate surface area is 58.2 Å². The minimum atomic E-state index is 0.161. The van der Waals surface area contributed by atoms with Gasteiger partial charge in [0.1, 0.15) is 0 Å². The third kappa shape index (κ3) is 4.22. The lowest BCUT2D eigenvalue weighted by Gasteiger charge is -2.23. The molecule has 0 fully saturated rings. The van der Waals surface area contributed by atoms with Crippen LogP contribution in [0, 0.1) is 6.92 Å². The van der Waals surface area contributed by atoms with E-state index in [9.17, 15) is 0 Å². The van der Waals surface area contributed by atoms with E-state index in [1.54, 1.807) is 0 Å². The standard InChI is InChI=1S/C8H16N/c1-5-7-9-8(3,4)6-2/h5,9H,1-2,6-7H2,3-4H3. The zero-order chi connectivity index (χ0) is 7.33. The molecule has 0 aromatic rings. The van der Waals surface area contributed by atoms with Gasteiger partial charge in [-0.15, -0.1) is 6.58 Å². The molecule has 0 heterocycles. The van der Waals surface area contributed by atoms with Gasteiger partial charge in [-0.1, -0.05) is 13.0 Å². The summed E-state index contributed by atoms with van der Waals surface area (Å²) >= 11 is 0. The molecule has 0 aromatic heterocycles. The fraction of sp³-hybridized carbons (Fsp3) is 0.625. The quantitative estimate of drug-likeness (QED) is 0.566. The second kappa shape index (κ2) is 3.67. The van der Waals surface area contributed by atoms with Crippen LogP contribution < -0.4 is 5.32 Å². The van der Waals surface area contributed by atoms with Crippen molar-refractivity contribution in [3.05, 3.63) is 19.6 Å². The van der Waals surface area contributed by atoms with Gasteiger partial charge in [-0.05, 0) is 20.3 Å². The van der Waals surface area contributed by atoms with Crippen molar-refractivity contribution < 1.29 is 0 Å². The van der Waals surface area contributed by atoms with Crippen LogP contribution in [0.1, 0.15) is 20.3 Å². The van der Waals surface area contributed by atoms with Gasteiger partial charge in [-0.3, -0.25) is 0 Å². The van der Waals surface area contributed by atoms with Crippen molar-refractivity contribution in [1.29, 1.82) is 0 Å². The second-order valence-corrected chi connectivity index (χ2v) is 2.80. The van der Waals surface area contributed by atoms with Gasteiger partial charge in [0.2, 0.25) is 0 Å². The summed E-state index contributed by atoms with van der Waals surface area (Å²) in [5, 5.41) is 3.28. The molecule has 0 saturated heterocycles. The van der Waals surface area contributed by atoms with E-state index in [0.29, 0.717) is 0 Å². The summed E-state index contributed by atoms with van der Waals surface area (Å²) in [4.78, 5) is 0. The van der Waals surface area contributed by atoms with Gasteiger partial charge in [0.15, 0.2) is 0 Å². The van der Waals surface area contributed by atoms with E-state index in [0.717, 1.165) is 13.0 Å². The molecule has 0 bridgehead atoms. The largest absolute Gasteiger partial charge is 0.308 e. The average Bonchev–Trinajstić information content (AvgIpc) is 1.84. The van der Waals surface area contributed by atoms with Crippen LogP contribution in [-0.4, -0.2) is 12.1 Å². The molecule has 0 saturated carbocycles. The van der Waals surface area contributed by atoms with E-state index in [2.05, 4.69) is 32.7 Å². The zero-order valence-corrected chi connectivity index (χ0v) is 6.41. The minimum absolute atomic E-state index is 0.161. The van der Waals surface area contributed by atoms with Crippen molar-refractivity contribution in [2.45, 2.75) is 25.8 Å². The Morgan fingerprint density at radius 3 is 2.44 bits per heavy atom. The number of hydrogen-bond acceptors (Lipinski definition) is 1. The predicted molar refractivity (Wildman–Crippen MR) is 42.3 cm³/mol. The predicted octanol–water partition coefficient (Wildman–Crippen LogP) is 1.76. The van der Waals surface area contributed by atoms with E-state index >= 15 is 0 Å². The van der Waals surface area contributed by atoms with Crippen molar-refractivity contribution in [3.63, 3.8) is 0 Å². The van der Waals surface area contributed by atoms with E-state index in [-0.39, 0.29) is 5.54 Å². The topological polar surface area (TPSA) is 12.0 Å². The molecule has 0 spiro atoms. The molecule has 0 aromatic carbocycles. The van der Waals surface area contributed by atoms with E-state index in [4.69, 9.17) is 0 Å².